The summed E-state index contributed by atoms with van der Waals surface area (Å²) < 4.78 is 12.9. The number of rotatable bonds is 8. The van der Waals surface area contributed by atoms with Crippen LogP contribution in [0.3, 0.4) is 0 Å². The number of esters is 2. The van der Waals surface area contributed by atoms with E-state index < -0.39 is 22.7 Å². The Bertz CT molecular complexity index is 2160. The normalized spacial score (nSPS) is 35.9. The van der Waals surface area contributed by atoms with Gasteiger partial charge in [-0.3, -0.25) is 14.5 Å². The first kappa shape index (κ1) is 42.3. The number of nitrogens with one attached hydrogen (secondary N) is 1. The molecule has 11 rings (SSSR count). The molecular formula is C49H59N3O8S2. The zero-order valence-electron chi connectivity index (χ0n) is 35.7. The van der Waals surface area contributed by atoms with Gasteiger partial charge in [-0.1, -0.05) is 54.2 Å². The van der Waals surface area contributed by atoms with Gasteiger partial charge in [-0.05, 0) is 142 Å². The first-order valence-corrected chi connectivity index (χ1v) is 25.7. The fourth-order valence-electron chi connectivity index (χ4n) is 13.6. The highest BCUT2D eigenvalue weighted by molar-refractivity contribution is 8.76. The Balaban J connectivity index is 1.14. The summed E-state index contributed by atoms with van der Waals surface area (Å²) in [5.74, 6) is 0.654. The van der Waals surface area contributed by atoms with Crippen molar-refractivity contribution < 1.29 is 38.9 Å². The maximum Gasteiger partial charge on any atom is 0.340 e. The van der Waals surface area contributed by atoms with E-state index in [0.29, 0.717) is 59.5 Å². The van der Waals surface area contributed by atoms with Gasteiger partial charge in [-0.15, -0.1) is 0 Å². The Kier molecular flexibility index (Phi) is 11.6. The van der Waals surface area contributed by atoms with Crippen LogP contribution in [0.1, 0.15) is 121 Å². The Morgan fingerprint density at radius 3 is 2.53 bits per heavy atom. The number of hydrogen-bond donors (Lipinski definition) is 3. The van der Waals surface area contributed by atoms with Gasteiger partial charge in [-0.25, -0.2) is 14.6 Å². The molecule has 1 aromatic heterocycles. The predicted octanol–water partition coefficient (Wildman–Crippen LogP) is 8.64. The maximum absolute atomic E-state index is 15.0. The molecule has 4 fully saturated rings. The minimum Gasteiger partial charge on any atom is -0.427 e. The average Bonchev–Trinajstić information content (AvgIpc) is 4.05. The first-order chi connectivity index (χ1) is 30.1. The second-order valence-corrected chi connectivity index (χ2v) is 21.9. The molecule has 3 N–H and O–H groups in total. The van der Waals surface area contributed by atoms with Gasteiger partial charge in [0.1, 0.15) is 22.8 Å². The lowest BCUT2D eigenvalue weighted by Gasteiger charge is -2.57. The number of amides is 2. The number of ether oxygens (including phenoxy) is 2. The van der Waals surface area contributed by atoms with Crippen LogP contribution in [-0.4, -0.2) is 68.3 Å². The molecule has 7 bridgehead atoms. The molecular weight excluding hydrogens is 823 g/mol. The highest BCUT2D eigenvalue weighted by atomic mass is 33.1. The molecule has 1 spiro atoms. The van der Waals surface area contributed by atoms with Gasteiger partial charge in [0.2, 0.25) is 0 Å². The van der Waals surface area contributed by atoms with Gasteiger partial charge in [0.25, 0.3) is 11.8 Å². The third-order valence-corrected chi connectivity index (χ3v) is 18.9. The van der Waals surface area contributed by atoms with E-state index in [4.69, 9.17) is 9.47 Å². The molecule has 7 atom stereocenters. The van der Waals surface area contributed by atoms with Crippen molar-refractivity contribution in [2.45, 2.75) is 121 Å². The third kappa shape index (κ3) is 7.15. The van der Waals surface area contributed by atoms with Crippen molar-refractivity contribution in [1.82, 2.24) is 9.88 Å². The van der Waals surface area contributed by atoms with Crippen LogP contribution < -0.4 is 5.32 Å². The SMILES string of the molecule is CCC1(C=C2OC(=O)C3=C2CCC2C4CCC5(C6=CCC(C7CCC(CCCO)CC7)C(O)SSCNc7cc(ccn7)C(CN7C(=O)C=CC7=O)C4=C5C(=O)O6)C32)CCCC1. The highest BCUT2D eigenvalue weighted by Gasteiger charge is 2.69. The number of anilines is 1. The highest BCUT2D eigenvalue weighted by Crippen LogP contribution is 2.72. The van der Waals surface area contributed by atoms with E-state index in [2.05, 4.69) is 29.4 Å². The molecule has 4 aliphatic heterocycles. The summed E-state index contributed by atoms with van der Waals surface area (Å²) in [5, 5.41) is 25.0. The van der Waals surface area contributed by atoms with Crippen molar-refractivity contribution in [3.63, 3.8) is 0 Å². The van der Waals surface area contributed by atoms with Crippen LogP contribution >= 0.6 is 21.6 Å². The fraction of sp³-hybridized carbons (Fsp3) is 0.612. The van der Waals surface area contributed by atoms with E-state index in [1.165, 1.54) is 38.6 Å². The fourth-order valence-corrected chi connectivity index (χ4v) is 15.7. The van der Waals surface area contributed by atoms with Crippen LogP contribution in [0.4, 0.5) is 5.82 Å². The largest absolute Gasteiger partial charge is 0.427 e. The second-order valence-electron chi connectivity index (χ2n) is 19.4. The maximum atomic E-state index is 15.0. The van der Waals surface area contributed by atoms with E-state index in [1.54, 1.807) is 6.20 Å². The monoisotopic (exact) mass is 881 g/mol. The Morgan fingerprint density at radius 1 is 0.984 bits per heavy atom. The van der Waals surface area contributed by atoms with Crippen LogP contribution in [0, 0.1) is 46.3 Å². The summed E-state index contributed by atoms with van der Waals surface area (Å²) in [6, 6.07) is 3.88. The number of aliphatic hydroxyl groups excluding tert-OH is 2. The van der Waals surface area contributed by atoms with Crippen molar-refractivity contribution in [2.75, 3.05) is 24.3 Å². The number of aromatic nitrogens is 1. The predicted molar refractivity (Wildman–Crippen MR) is 237 cm³/mol. The van der Waals surface area contributed by atoms with Gasteiger partial charge in [0, 0.05) is 60.4 Å². The standard InChI is InChI=1S/C49H59N3O8S2/c1-2-48(19-3-4-20-48)25-36-34-12-11-33-32-17-21-49(43(33)42(34)45(56)59-36)37-14-13-31(29-9-7-28(8-10-29)6-5-23-53)47(58)62-61-27-51-38-24-30(18-22-50-38)35(41(32)44(49)46(57)60-37)26-52-39(54)15-16-40(52)55/h14-16,18,22,24-25,28-29,31-33,35,43,47,53,58H,2-13,17,19-21,23,26-27H2,1H3,(H,50,51). The number of carbonyl (C=O) groups excluding carboxylic acids is 4. The summed E-state index contributed by atoms with van der Waals surface area (Å²) in [4.78, 5) is 62.1. The Morgan fingerprint density at radius 2 is 1.77 bits per heavy atom. The van der Waals surface area contributed by atoms with Gasteiger partial charge >= 0.3 is 11.9 Å². The number of aliphatic hydroxyl groups is 2. The number of carbonyl (C=O) groups is 4. The van der Waals surface area contributed by atoms with E-state index >= 15 is 4.79 Å². The summed E-state index contributed by atoms with van der Waals surface area (Å²) >= 11 is 0. The second kappa shape index (κ2) is 17.0. The molecule has 0 aromatic carbocycles. The average molecular weight is 882 g/mol. The molecule has 10 aliphatic rings. The lowest BCUT2D eigenvalue weighted by atomic mass is 9.43. The molecule has 11 nitrogen and oxygen atoms in total. The molecule has 2 amide bonds. The molecule has 1 aromatic rings. The van der Waals surface area contributed by atoms with E-state index in [9.17, 15) is 24.6 Å². The van der Waals surface area contributed by atoms with Gasteiger partial charge < -0.3 is 25.0 Å². The summed E-state index contributed by atoms with van der Waals surface area (Å²) in [6.07, 6.45) is 23.5. The van der Waals surface area contributed by atoms with Crippen molar-refractivity contribution in [1.29, 1.82) is 0 Å². The number of nitrogens with zero attached hydrogens (tertiary/aromatic N) is 2. The van der Waals surface area contributed by atoms with Gasteiger partial charge in [0.15, 0.2) is 0 Å². The minimum atomic E-state index is -0.961. The summed E-state index contributed by atoms with van der Waals surface area (Å²) in [7, 11) is 2.99. The Hall–Kier alpha value is -3.65. The third-order valence-electron chi connectivity index (χ3n) is 16.6. The van der Waals surface area contributed by atoms with Crippen molar-refractivity contribution in [3.05, 3.63) is 82.0 Å². The number of fused-ring (bicyclic) bond motifs is 3. The van der Waals surface area contributed by atoms with Crippen LogP contribution in [-0.2, 0) is 28.7 Å². The molecule has 13 heteroatoms. The Labute approximate surface area is 372 Å². The molecule has 0 radical (unpaired) electrons. The zero-order valence-corrected chi connectivity index (χ0v) is 37.3. The molecule has 1 saturated heterocycles. The van der Waals surface area contributed by atoms with E-state index in [0.717, 1.165) is 100 Å². The summed E-state index contributed by atoms with van der Waals surface area (Å²) in [6.45, 7) is 2.49. The number of imide groups is 1. The van der Waals surface area contributed by atoms with Crippen molar-refractivity contribution in [3.8, 4) is 0 Å². The van der Waals surface area contributed by atoms with Crippen LogP contribution in [0.15, 0.2) is 76.4 Å². The van der Waals surface area contributed by atoms with Crippen LogP contribution in [0.25, 0.3) is 0 Å². The van der Waals surface area contributed by atoms with E-state index in [-0.39, 0.29) is 65.9 Å². The number of allylic oxidation sites excluding steroid dienone is 4. The topological polar surface area (TPSA) is 155 Å². The molecule has 7 unspecified atom stereocenters. The van der Waals surface area contributed by atoms with Crippen LogP contribution in [0.5, 0.6) is 0 Å². The zero-order chi connectivity index (χ0) is 42.8. The van der Waals surface area contributed by atoms with Gasteiger partial charge in [-0.2, -0.15) is 0 Å². The molecule has 5 heterocycles. The van der Waals surface area contributed by atoms with E-state index in [1.807, 2.05) is 12.1 Å². The lowest BCUT2D eigenvalue weighted by molar-refractivity contribution is -0.137. The first-order valence-electron chi connectivity index (χ1n) is 23.3. The van der Waals surface area contributed by atoms with Gasteiger partial charge in [0.05, 0.1) is 16.9 Å². The smallest absolute Gasteiger partial charge is 0.340 e. The number of hydrogen-bond acceptors (Lipinski definition) is 12. The molecule has 62 heavy (non-hydrogen) atoms. The quantitative estimate of drug-likeness (QED) is 0.130. The number of cyclic esters (lactones) is 1. The molecule has 3 saturated carbocycles. The lowest BCUT2D eigenvalue weighted by Crippen LogP contribution is -2.53. The summed E-state index contributed by atoms with van der Waals surface area (Å²) in [5.41, 5.74) is 2.36. The van der Waals surface area contributed by atoms with Crippen molar-refractivity contribution >= 4 is 51.2 Å². The van der Waals surface area contributed by atoms with Crippen LogP contribution in [0.2, 0.25) is 0 Å². The minimum absolute atomic E-state index is 0.00591. The molecule has 6 aliphatic carbocycles. The molecule has 330 valence electrons. The van der Waals surface area contributed by atoms with Crippen molar-refractivity contribution in [2.24, 2.45) is 46.3 Å². The number of pyridine rings is 1.